The SMILES string of the molecule is CCN(CC(=O)Nc1ccccc1OC)Cc1csc(-c2ccc(C(=O)OC)cc2)n1. The average molecular weight is 440 g/mol. The molecule has 0 saturated heterocycles. The van der Waals surface area contributed by atoms with Gasteiger partial charge < -0.3 is 14.8 Å². The van der Waals surface area contributed by atoms with Gasteiger partial charge in [0.15, 0.2) is 0 Å². The zero-order valence-electron chi connectivity index (χ0n) is 17.8. The lowest BCUT2D eigenvalue weighted by Gasteiger charge is -2.19. The highest BCUT2D eigenvalue weighted by atomic mass is 32.1. The van der Waals surface area contributed by atoms with Crippen LogP contribution in [-0.2, 0) is 16.1 Å². The van der Waals surface area contributed by atoms with Crippen molar-refractivity contribution in [3.05, 3.63) is 65.2 Å². The molecular weight excluding hydrogens is 414 g/mol. The van der Waals surface area contributed by atoms with Gasteiger partial charge in [-0.2, -0.15) is 0 Å². The second-order valence-electron chi connectivity index (χ2n) is 6.76. The molecule has 3 rings (SSSR count). The number of amides is 1. The largest absolute Gasteiger partial charge is 0.495 e. The number of para-hydroxylation sites is 2. The number of nitrogens with one attached hydrogen (secondary N) is 1. The third-order valence-electron chi connectivity index (χ3n) is 4.69. The Bertz CT molecular complexity index is 1030. The molecular formula is C23H25N3O4S. The molecule has 31 heavy (non-hydrogen) atoms. The normalized spacial score (nSPS) is 10.7. The van der Waals surface area contributed by atoms with Gasteiger partial charge in [0, 0.05) is 17.5 Å². The molecule has 0 aliphatic rings. The fourth-order valence-electron chi connectivity index (χ4n) is 3.03. The Morgan fingerprint density at radius 2 is 1.84 bits per heavy atom. The van der Waals surface area contributed by atoms with Gasteiger partial charge in [-0.15, -0.1) is 11.3 Å². The molecule has 0 radical (unpaired) electrons. The van der Waals surface area contributed by atoms with Crippen molar-refractivity contribution >= 4 is 28.9 Å². The first-order valence-electron chi connectivity index (χ1n) is 9.82. The van der Waals surface area contributed by atoms with Crippen molar-refractivity contribution in [2.75, 3.05) is 32.6 Å². The molecule has 0 aliphatic heterocycles. The number of rotatable bonds is 9. The van der Waals surface area contributed by atoms with Crippen LogP contribution in [0.4, 0.5) is 5.69 Å². The van der Waals surface area contributed by atoms with Crippen molar-refractivity contribution in [1.82, 2.24) is 9.88 Å². The van der Waals surface area contributed by atoms with Crippen LogP contribution in [0.15, 0.2) is 53.9 Å². The molecule has 7 nitrogen and oxygen atoms in total. The van der Waals surface area contributed by atoms with Gasteiger partial charge in [-0.05, 0) is 30.8 Å². The fraction of sp³-hybridized carbons (Fsp3) is 0.261. The van der Waals surface area contributed by atoms with Gasteiger partial charge in [0.2, 0.25) is 5.91 Å². The molecule has 0 saturated carbocycles. The van der Waals surface area contributed by atoms with Crippen LogP contribution >= 0.6 is 11.3 Å². The van der Waals surface area contributed by atoms with Crippen LogP contribution < -0.4 is 10.1 Å². The number of carbonyl (C=O) groups excluding carboxylic acids is 2. The lowest BCUT2D eigenvalue weighted by Crippen LogP contribution is -2.32. The number of esters is 1. The first kappa shape index (κ1) is 22.5. The highest BCUT2D eigenvalue weighted by Gasteiger charge is 2.14. The number of anilines is 1. The van der Waals surface area contributed by atoms with Crippen LogP contribution in [0.2, 0.25) is 0 Å². The van der Waals surface area contributed by atoms with E-state index < -0.39 is 0 Å². The zero-order chi connectivity index (χ0) is 22.2. The number of methoxy groups -OCH3 is 2. The highest BCUT2D eigenvalue weighted by Crippen LogP contribution is 2.25. The summed E-state index contributed by atoms with van der Waals surface area (Å²) >= 11 is 1.53. The molecule has 0 fully saturated rings. The van der Waals surface area contributed by atoms with E-state index >= 15 is 0 Å². The van der Waals surface area contributed by atoms with Gasteiger partial charge in [0.05, 0.1) is 37.7 Å². The van der Waals surface area contributed by atoms with E-state index in [1.807, 2.05) is 53.6 Å². The Morgan fingerprint density at radius 1 is 1.10 bits per heavy atom. The summed E-state index contributed by atoms with van der Waals surface area (Å²) in [5.74, 6) is 0.151. The van der Waals surface area contributed by atoms with Crippen LogP contribution in [0.1, 0.15) is 23.0 Å². The summed E-state index contributed by atoms with van der Waals surface area (Å²) in [6, 6.07) is 14.5. The molecule has 1 amide bonds. The van der Waals surface area contributed by atoms with Crippen molar-refractivity contribution in [2.24, 2.45) is 0 Å². The van der Waals surface area contributed by atoms with E-state index in [4.69, 9.17) is 14.5 Å². The Hall–Kier alpha value is -3.23. The van der Waals surface area contributed by atoms with Crippen molar-refractivity contribution in [3.63, 3.8) is 0 Å². The smallest absolute Gasteiger partial charge is 0.337 e. The van der Waals surface area contributed by atoms with E-state index in [2.05, 4.69) is 5.32 Å². The summed E-state index contributed by atoms with van der Waals surface area (Å²) in [5, 5.41) is 5.75. The summed E-state index contributed by atoms with van der Waals surface area (Å²) in [6.45, 7) is 3.52. The molecule has 0 atom stereocenters. The average Bonchev–Trinajstić information content (AvgIpc) is 3.27. The first-order chi connectivity index (χ1) is 15.0. The number of likely N-dealkylation sites (N-methyl/N-ethyl adjacent to an activating group) is 1. The van der Waals surface area contributed by atoms with Gasteiger partial charge in [-0.1, -0.05) is 31.2 Å². The molecule has 2 aromatic carbocycles. The monoisotopic (exact) mass is 439 g/mol. The third-order valence-corrected chi connectivity index (χ3v) is 5.63. The minimum Gasteiger partial charge on any atom is -0.495 e. The summed E-state index contributed by atoms with van der Waals surface area (Å²) in [4.78, 5) is 30.8. The summed E-state index contributed by atoms with van der Waals surface area (Å²) < 4.78 is 10.0. The van der Waals surface area contributed by atoms with Gasteiger partial charge in [-0.25, -0.2) is 9.78 Å². The van der Waals surface area contributed by atoms with Crippen LogP contribution in [0.25, 0.3) is 10.6 Å². The Kier molecular flexibility index (Phi) is 7.75. The number of benzene rings is 2. The van der Waals surface area contributed by atoms with Gasteiger partial charge in [0.25, 0.3) is 0 Å². The van der Waals surface area contributed by atoms with Crippen LogP contribution in [0, 0.1) is 0 Å². The summed E-state index contributed by atoms with van der Waals surface area (Å²) in [6.07, 6.45) is 0. The van der Waals surface area contributed by atoms with E-state index in [9.17, 15) is 9.59 Å². The van der Waals surface area contributed by atoms with Gasteiger partial charge in [-0.3, -0.25) is 9.69 Å². The Labute approximate surface area is 185 Å². The third kappa shape index (κ3) is 5.90. The molecule has 0 unspecified atom stereocenters. The first-order valence-corrected chi connectivity index (χ1v) is 10.7. The maximum Gasteiger partial charge on any atom is 0.337 e. The number of ether oxygens (including phenoxy) is 2. The van der Waals surface area contributed by atoms with Crippen molar-refractivity contribution in [2.45, 2.75) is 13.5 Å². The number of carbonyl (C=O) groups is 2. The molecule has 8 heteroatoms. The molecule has 1 aromatic heterocycles. The fourth-order valence-corrected chi connectivity index (χ4v) is 3.85. The predicted octanol–water partition coefficient (Wildman–Crippen LogP) is 4.07. The summed E-state index contributed by atoms with van der Waals surface area (Å²) in [5.41, 5.74) is 2.98. The number of aromatic nitrogens is 1. The molecule has 0 spiro atoms. The standard InChI is InChI=1S/C23H25N3O4S/c1-4-26(14-21(27)25-19-7-5-6-8-20(19)29-2)13-18-15-31-22(24-18)16-9-11-17(12-10-16)23(28)30-3/h5-12,15H,4,13-14H2,1-3H3,(H,25,27). The van der Waals surface area contributed by atoms with Crippen molar-refractivity contribution < 1.29 is 19.1 Å². The molecule has 0 bridgehead atoms. The quantitative estimate of drug-likeness (QED) is 0.507. The van der Waals surface area contributed by atoms with Crippen LogP contribution in [0.3, 0.4) is 0 Å². The van der Waals surface area contributed by atoms with E-state index in [0.717, 1.165) is 16.3 Å². The van der Waals surface area contributed by atoms with Crippen molar-refractivity contribution in [1.29, 1.82) is 0 Å². The number of hydrogen-bond acceptors (Lipinski definition) is 7. The molecule has 0 aliphatic carbocycles. The van der Waals surface area contributed by atoms with E-state index in [0.29, 0.717) is 30.1 Å². The Balaban J connectivity index is 1.61. The maximum atomic E-state index is 12.5. The van der Waals surface area contributed by atoms with Crippen molar-refractivity contribution in [3.8, 4) is 16.3 Å². The maximum absolute atomic E-state index is 12.5. The highest BCUT2D eigenvalue weighted by molar-refractivity contribution is 7.13. The second kappa shape index (κ2) is 10.7. The van der Waals surface area contributed by atoms with E-state index in [1.54, 1.807) is 19.2 Å². The molecule has 1 N–H and O–H groups in total. The predicted molar refractivity (Wildman–Crippen MR) is 121 cm³/mol. The number of hydrogen-bond donors (Lipinski definition) is 1. The Morgan fingerprint density at radius 3 is 2.52 bits per heavy atom. The summed E-state index contributed by atoms with van der Waals surface area (Å²) in [7, 11) is 2.94. The van der Waals surface area contributed by atoms with Gasteiger partial charge in [0.1, 0.15) is 10.8 Å². The van der Waals surface area contributed by atoms with E-state index in [-0.39, 0.29) is 18.4 Å². The lowest BCUT2D eigenvalue weighted by molar-refractivity contribution is -0.117. The van der Waals surface area contributed by atoms with E-state index in [1.165, 1.54) is 18.4 Å². The molecule has 3 aromatic rings. The lowest BCUT2D eigenvalue weighted by atomic mass is 10.1. The van der Waals surface area contributed by atoms with Crippen LogP contribution in [-0.4, -0.2) is 49.1 Å². The molecule has 162 valence electrons. The zero-order valence-corrected chi connectivity index (χ0v) is 18.6. The number of nitrogens with zero attached hydrogens (tertiary/aromatic N) is 2. The topological polar surface area (TPSA) is 80.8 Å². The minimum absolute atomic E-state index is 0.111. The van der Waals surface area contributed by atoms with Gasteiger partial charge >= 0.3 is 5.97 Å². The molecule has 1 heterocycles. The number of thiazole rings is 1. The minimum atomic E-state index is -0.364. The van der Waals surface area contributed by atoms with Crippen LogP contribution in [0.5, 0.6) is 5.75 Å². The second-order valence-corrected chi connectivity index (χ2v) is 7.62.